The predicted molar refractivity (Wildman–Crippen MR) is 70.7 cm³/mol. The summed E-state index contributed by atoms with van der Waals surface area (Å²) < 4.78 is 0.640. The number of hydrogen-bond donors (Lipinski definition) is 1. The number of nitrogens with zero attached hydrogens (tertiary/aromatic N) is 1. The molecular weight excluding hydrogens is 280 g/mol. The number of carbonyl (C=O) groups is 1. The van der Waals surface area contributed by atoms with E-state index in [1.165, 1.54) is 0 Å². The van der Waals surface area contributed by atoms with E-state index < -0.39 is 0 Å². The highest BCUT2D eigenvalue weighted by atomic mass is 79.9. The van der Waals surface area contributed by atoms with Crippen LogP contribution >= 0.6 is 15.9 Å². The van der Waals surface area contributed by atoms with Crippen LogP contribution in [0.5, 0.6) is 0 Å². The first-order valence-corrected chi connectivity index (χ1v) is 5.99. The van der Waals surface area contributed by atoms with Crippen LogP contribution in [0.3, 0.4) is 0 Å². The average molecular weight is 291 g/mol. The number of halogens is 1. The summed E-state index contributed by atoms with van der Waals surface area (Å²) >= 11 is 3.28. The molecule has 0 fully saturated rings. The fourth-order valence-electron chi connectivity index (χ4n) is 1.45. The number of pyridine rings is 1. The fraction of sp³-hybridized carbons (Fsp3) is 0.0769. The van der Waals surface area contributed by atoms with Gasteiger partial charge in [-0.25, -0.2) is 4.98 Å². The molecule has 0 atom stereocenters. The van der Waals surface area contributed by atoms with Crippen molar-refractivity contribution in [2.24, 2.45) is 0 Å². The van der Waals surface area contributed by atoms with Crippen LogP contribution in [0, 0.1) is 0 Å². The molecule has 2 rings (SSSR count). The number of aromatic nitrogens is 1. The molecule has 17 heavy (non-hydrogen) atoms. The minimum atomic E-state index is -0.0510. The van der Waals surface area contributed by atoms with Gasteiger partial charge in [-0.1, -0.05) is 30.3 Å². The Labute approximate surface area is 108 Å². The molecular formula is C13H11BrN2O. The standard InChI is InChI=1S/C13H11BrN2O/c14-13-11(7-4-8-15-13)16-12(17)9-10-5-2-1-3-6-10/h1-8H,9H2,(H,16,17). The Hall–Kier alpha value is -1.68. The van der Waals surface area contributed by atoms with E-state index >= 15 is 0 Å². The van der Waals surface area contributed by atoms with Crippen LogP contribution in [0.1, 0.15) is 5.56 Å². The van der Waals surface area contributed by atoms with Gasteiger partial charge in [0.1, 0.15) is 4.60 Å². The quantitative estimate of drug-likeness (QED) is 0.883. The second-order valence-electron chi connectivity index (χ2n) is 3.55. The van der Waals surface area contributed by atoms with Crippen LogP contribution in [-0.4, -0.2) is 10.9 Å². The molecule has 0 aliphatic carbocycles. The normalized spacial score (nSPS) is 9.94. The Morgan fingerprint density at radius 3 is 2.65 bits per heavy atom. The summed E-state index contributed by atoms with van der Waals surface area (Å²) in [5, 5.41) is 2.81. The number of carbonyl (C=O) groups excluding carboxylic acids is 1. The lowest BCUT2D eigenvalue weighted by atomic mass is 10.1. The molecule has 0 saturated heterocycles. The van der Waals surface area contributed by atoms with Crippen LogP contribution in [0.25, 0.3) is 0 Å². The number of hydrogen-bond acceptors (Lipinski definition) is 2. The molecule has 1 aromatic heterocycles. The number of rotatable bonds is 3. The van der Waals surface area contributed by atoms with E-state index in [0.29, 0.717) is 16.7 Å². The van der Waals surface area contributed by atoms with E-state index in [-0.39, 0.29) is 5.91 Å². The minimum Gasteiger partial charge on any atom is -0.323 e. The van der Waals surface area contributed by atoms with Crippen LogP contribution in [0.15, 0.2) is 53.3 Å². The maximum Gasteiger partial charge on any atom is 0.228 e. The van der Waals surface area contributed by atoms with E-state index in [9.17, 15) is 4.79 Å². The molecule has 4 heteroatoms. The van der Waals surface area contributed by atoms with Crippen LogP contribution in [0.2, 0.25) is 0 Å². The molecule has 1 N–H and O–H groups in total. The van der Waals surface area contributed by atoms with Gasteiger partial charge in [-0.05, 0) is 33.6 Å². The molecule has 2 aromatic rings. The lowest BCUT2D eigenvalue weighted by Crippen LogP contribution is -2.14. The molecule has 1 amide bonds. The number of amides is 1. The lowest BCUT2D eigenvalue weighted by molar-refractivity contribution is -0.115. The largest absolute Gasteiger partial charge is 0.323 e. The summed E-state index contributed by atoms with van der Waals surface area (Å²) in [6, 6.07) is 13.2. The van der Waals surface area contributed by atoms with Crippen molar-refractivity contribution >= 4 is 27.5 Å². The highest BCUT2D eigenvalue weighted by molar-refractivity contribution is 9.10. The molecule has 0 radical (unpaired) electrons. The summed E-state index contributed by atoms with van der Waals surface area (Å²) in [4.78, 5) is 15.8. The van der Waals surface area contributed by atoms with Crippen molar-refractivity contribution in [1.82, 2.24) is 4.98 Å². The number of nitrogens with one attached hydrogen (secondary N) is 1. The minimum absolute atomic E-state index is 0.0510. The molecule has 0 spiro atoms. The Kier molecular flexibility index (Phi) is 3.88. The molecule has 86 valence electrons. The van der Waals surface area contributed by atoms with Crippen LogP contribution in [0.4, 0.5) is 5.69 Å². The molecule has 0 bridgehead atoms. The average Bonchev–Trinajstić information content (AvgIpc) is 2.33. The highest BCUT2D eigenvalue weighted by Gasteiger charge is 2.06. The zero-order chi connectivity index (χ0) is 12.1. The van der Waals surface area contributed by atoms with E-state index in [4.69, 9.17) is 0 Å². The van der Waals surface area contributed by atoms with Crippen LogP contribution in [-0.2, 0) is 11.2 Å². The van der Waals surface area contributed by atoms with Gasteiger partial charge in [-0.3, -0.25) is 4.79 Å². The van der Waals surface area contributed by atoms with Crippen molar-refractivity contribution in [3.05, 3.63) is 58.8 Å². The van der Waals surface area contributed by atoms with Gasteiger partial charge in [0, 0.05) is 6.20 Å². The first-order chi connectivity index (χ1) is 8.25. The van der Waals surface area contributed by atoms with Gasteiger partial charge in [0.2, 0.25) is 5.91 Å². The summed E-state index contributed by atoms with van der Waals surface area (Å²) in [5.41, 5.74) is 1.68. The predicted octanol–water partition coefficient (Wildman–Crippen LogP) is 3.03. The zero-order valence-corrected chi connectivity index (χ0v) is 10.6. The van der Waals surface area contributed by atoms with Gasteiger partial charge >= 0.3 is 0 Å². The van der Waals surface area contributed by atoms with E-state index in [1.807, 2.05) is 30.3 Å². The molecule has 3 nitrogen and oxygen atoms in total. The maximum atomic E-state index is 11.8. The third-order valence-corrected chi connectivity index (χ3v) is 2.87. The fourth-order valence-corrected chi connectivity index (χ4v) is 1.80. The molecule has 0 aliphatic heterocycles. The van der Waals surface area contributed by atoms with Gasteiger partial charge < -0.3 is 5.32 Å². The molecule has 1 heterocycles. The van der Waals surface area contributed by atoms with Crippen molar-refractivity contribution in [3.8, 4) is 0 Å². The Balaban J connectivity index is 2.01. The first-order valence-electron chi connectivity index (χ1n) is 5.20. The lowest BCUT2D eigenvalue weighted by Gasteiger charge is -2.06. The second kappa shape index (κ2) is 5.59. The van der Waals surface area contributed by atoms with Gasteiger partial charge in [0.15, 0.2) is 0 Å². The second-order valence-corrected chi connectivity index (χ2v) is 4.30. The summed E-state index contributed by atoms with van der Waals surface area (Å²) in [7, 11) is 0. The third-order valence-electron chi connectivity index (χ3n) is 2.24. The Bertz CT molecular complexity index is 514. The number of benzene rings is 1. The van der Waals surface area contributed by atoms with Crippen molar-refractivity contribution in [3.63, 3.8) is 0 Å². The molecule has 0 saturated carbocycles. The van der Waals surface area contributed by atoms with Crippen LogP contribution < -0.4 is 5.32 Å². The summed E-state index contributed by atoms with van der Waals surface area (Å²) in [6.07, 6.45) is 2.03. The van der Waals surface area contributed by atoms with Crippen molar-refractivity contribution in [1.29, 1.82) is 0 Å². The highest BCUT2D eigenvalue weighted by Crippen LogP contribution is 2.18. The SMILES string of the molecule is O=C(Cc1ccccc1)Nc1cccnc1Br. The van der Waals surface area contributed by atoms with E-state index in [1.54, 1.807) is 18.3 Å². The third kappa shape index (κ3) is 3.39. The van der Waals surface area contributed by atoms with Crippen molar-refractivity contribution in [2.45, 2.75) is 6.42 Å². The molecule has 1 aromatic carbocycles. The molecule has 0 aliphatic rings. The molecule has 0 unspecified atom stereocenters. The van der Waals surface area contributed by atoms with Gasteiger partial charge in [0.25, 0.3) is 0 Å². The topological polar surface area (TPSA) is 42.0 Å². The Morgan fingerprint density at radius 1 is 1.18 bits per heavy atom. The smallest absolute Gasteiger partial charge is 0.228 e. The van der Waals surface area contributed by atoms with Crippen molar-refractivity contribution < 1.29 is 4.79 Å². The zero-order valence-electron chi connectivity index (χ0n) is 9.06. The van der Waals surface area contributed by atoms with E-state index in [2.05, 4.69) is 26.2 Å². The summed E-state index contributed by atoms with van der Waals surface area (Å²) in [5.74, 6) is -0.0510. The van der Waals surface area contributed by atoms with Gasteiger partial charge in [-0.15, -0.1) is 0 Å². The van der Waals surface area contributed by atoms with E-state index in [0.717, 1.165) is 5.56 Å². The Morgan fingerprint density at radius 2 is 1.94 bits per heavy atom. The van der Waals surface area contributed by atoms with Gasteiger partial charge in [-0.2, -0.15) is 0 Å². The monoisotopic (exact) mass is 290 g/mol. The van der Waals surface area contributed by atoms with Crippen molar-refractivity contribution in [2.75, 3.05) is 5.32 Å². The first kappa shape index (κ1) is 11.8. The van der Waals surface area contributed by atoms with Gasteiger partial charge in [0.05, 0.1) is 12.1 Å². The number of anilines is 1. The summed E-state index contributed by atoms with van der Waals surface area (Å²) in [6.45, 7) is 0. The maximum absolute atomic E-state index is 11.8.